The van der Waals surface area contributed by atoms with Crippen molar-refractivity contribution in [2.45, 2.75) is 67.9 Å². The number of aromatic nitrogens is 1. The summed E-state index contributed by atoms with van der Waals surface area (Å²) in [5, 5.41) is 33.0. The second kappa shape index (κ2) is 15.8. The average molecular weight is 720 g/mol. The molecule has 3 aromatic rings. The summed E-state index contributed by atoms with van der Waals surface area (Å²) in [6.07, 6.45) is 12.2. The van der Waals surface area contributed by atoms with Crippen molar-refractivity contribution >= 4 is 28.8 Å². The van der Waals surface area contributed by atoms with Crippen LogP contribution in [0.3, 0.4) is 0 Å². The molecule has 2 fully saturated rings. The Bertz CT molecular complexity index is 1740. The van der Waals surface area contributed by atoms with E-state index in [0.29, 0.717) is 41.8 Å². The van der Waals surface area contributed by atoms with E-state index in [2.05, 4.69) is 21.3 Å². The van der Waals surface area contributed by atoms with Crippen molar-refractivity contribution in [3.8, 4) is 17.6 Å². The molecule has 3 N–H and O–H groups in total. The van der Waals surface area contributed by atoms with Crippen molar-refractivity contribution < 1.29 is 24.4 Å². The van der Waals surface area contributed by atoms with Crippen molar-refractivity contribution in [3.05, 3.63) is 106 Å². The Balaban J connectivity index is 1.25. The van der Waals surface area contributed by atoms with Gasteiger partial charge in [0.15, 0.2) is 0 Å². The Morgan fingerprint density at radius 1 is 1.12 bits per heavy atom. The number of aliphatic hydroxyl groups excluding tert-OH is 2. The lowest BCUT2D eigenvalue weighted by molar-refractivity contribution is -0.0540. The van der Waals surface area contributed by atoms with Gasteiger partial charge >= 0.3 is 0 Å². The highest BCUT2D eigenvalue weighted by Gasteiger charge is 2.51. The minimum absolute atomic E-state index is 0.0525. The van der Waals surface area contributed by atoms with E-state index in [4.69, 9.17) is 37.4 Å². The van der Waals surface area contributed by atoms with Crippen molar-refractivity contribution in [1.29, 1.82) is 5.26 Å². The molecule has 1 aromatic heterocycles. The summed E-state index contributed by atoms with van der Waals surface area (Å²) < 4.78 is 19.6. The van der Waals surface area contributed by atoms with Gasteiger partial charge in [0, 0.05) is 67.9 Å². The van der Waals surface area contributed by atoms with E-state index in [1.165, 1.54) is 6.20 Å². The first kappa shape index (κ1) is 36.3. The van der Waals surface area contributed by atoms with Gasteiger partial charge in [-0.15, -0.1) is 11.6 Å². The van der Waals surface area contributed by atoms with E-state index in [1.807, 2.05) is 61.5 Å². The molecule has 0 bridgehead atoms. The van der Waals surface area contributed by atoms with Gasteiger partial charge in [-0.05, 0) is 62.0 Å². The fourth-order valence-corrected chi connectivity index (χ4v) is 7.13. The lowest BCUT2D eigenvalue weighted by atomic mass is 9.76. The predicted octanol–water partition coefficient (Wildman–Crippen LogP) is 6.04. The second-order valence-corrected chi connectivity index (χ2v) is 14.8. The zero-order chi connectivity index (χ0) is 35.2. The van der Waals surface area contributed by atoms with E-state index in [9.17, 15) is 15.5 Å². The molecule has 6 rings (SSSR count). The molecule has 1 saturated heterocycles. The zero-order valence-electron chi connectivity index (χ0n) is 28.3. The Kier molecular flexibility index (Phi) is 11.5. The molecule has 2 aliphatic carbocycles. The average Bonchev–Trinajstić information content (AvgIpc) is 3.80. The van der Waals surface area contributed by atoms with Crippen molar-refractivity contribution in [2.75, 3.05) is 39.5 Å². The number of allylic oxidation sites excluding steroid dienone is 2. The Labute approximate surface area is 304 Å². The highest BCUT2D eigenvalue weighted by Crippen LogP contribution is 2.48. The summed E-state index contributed by atoms with van der Waals surface area (Å²) in [6, 6.07) is 17.5. The molecule has 3 atom stereocenters. The molecule has 11 heteroatoms. The first-order valence-corrected chi connectivity index (χ1v) is 17.9. The summed E-state index contributed by atoms with van der Waals surface area (Å²) in [5.41, 5.74) is 2.55. The lowest BCUT2D eigenvalue weighted by Crippen LogP contribution is -2.55. The number of nitriles is 1. The zero-order valence-corrected chi connectivity index (χ0v) is 29.8. The molecular formula is C39H44Cl2N4O5. The number of likely N-dealkylation sites (tertiary alicyclic amines) is 1. The Morgan fingerprint density at radius 3 is 2.66 bits per heavy atom. The van der Waals surface area contributed by atoms with Crippen molar-refractivity contribution in [3.63, 3.8) is 0 Å². The summed E-state index contributed by atoms with van der Waals surface area (Å²) in [6.45, 7) is 5.48. The first-order valence-electron chi connectivity index (χ1n) is 17.1. The summed E-state index contributed by atoms with van der Waals surface area (Å²) in [5.74, 6) is 0.955. The van der Waals surface area contributed by atoms with Crippen LogP contribution in [0.15, 0.2) is 79.2 Å². The van der Waals surface area contributed by atoms with Crippen LogP contribution in [0.4, 0.5) is 0 Å². The first-order chi connectivity index (χ1) is 24.2. The third kappa shape index (κ3) is 8.35. The van der Waals surface area contributed by atoms with Gasteiger partial charge in [-0.2, -0.15) is 5.26 Å². The number of alkyl halides is 1. The number of nitrogens with zero attached hydrogens (tertiary/aromatic N) is 3. The Morgan fingerprint density at radius 2 is 1.94 bits per heavy atom. The highest BCUT2D eigenvalue weighted by atomic mass is 35.5. The van der Waals surface area contributed by atoms with Crippen LogP contribution in [-0.2, 0) is 17.9 Å². The molecule has 3 aliphatic rings. The van der Waals surface area contributed by atoms with Crippen LogP contribution in [0.2, 0.25) is 5.02 Å². The molecule has 9 nitrogen and oxygen atoms in total. The highest BCUT2D eigenvalue weighted by molar-refractivity contribution is 6.32. The van der Waals surface area contributed by atoms with Gasteiger partial charge in [-0.1, -0.05) is 54.1 Å². The number of pyridine rings is 1. The Hall–Kier alpha value is -3.46. The molecule has 2 heterocycles. The molecule has 1 saturated carbocycles. The number of aliphatic hydroxyl groups is 2. The maximum absolute atomic E-state index is 9.97. The van der Waals surface area contributed by atoms with Gasteiger partial charge in [0.2, 0.25) is 0 Å². The van der Waals surface area contributed by atoms with Crippen LogP contribution in [0, 0.1) is 11.3 Å². The molecule has 2 aromatic carbocycles. The number of halogens is 2. The fourth-order valence-electron chi connectivity index (χ4n) is 6.55. The number of hydrogen-bond acceptors (Lipinski definition) is 9. The molecule has 264 valence electrons. The normalized spacial score (nSPS) is 24.1. The van der Waals surface area contributed by atoms with Gasteiger partial charge in [-0.3, -0.25) is 4.98 Å². The maximum atomic E-state index is 9.97. The maximum Gasteiger partial charge on any atom is 0.143 e. The molecule has 1 aliphatic heterocycles. The molecule has 0 amide bonds. The van der Waals surface area contributed by atoms with Crippen LogP contribution in [-0.4, -0.2) is 81.7 Å². The largest absolute Gasteiger partial charge is 0.488 e. The van der Waals surface area contributed by atoms with Gasteiger partial charge < -0.3 is 34.6 Å². The van der Waals surface area contributed by atoms with Crippen molar-refractivity contribution in [1.82, 2.24) is 15.2 Å². The lowest BCUT2D eigenvalue weighted by Gasteiger charge is -2.45. The van der Waals surface area contributed by atoms with E-state index in [1.54, 1.807) is 18.3 Å². The van der Waals surface area contributed by atoms with Crippen LogP contribution < -0.4 is 14.8 Å². The van der Waals surface area contributed by atoms with Crippen LogP contribution in [0.25, 0.3) is 5.57 Å². The van der Waals surface area contributed by atoms with Crippen LogP contribution >= 0.6 is 23.2 Å². The number of ether oxygens (including phenoxy) is 3. The quantitative estimate of drug-likeness (QED) is 0.120. The standard InChI is InChI=1S/C39H44Cl2N4O5/c1-37(41)33(30-7-3-2-4-8-30)9-5-11-39(37,50-16-6-14-45-15-10-32(47)24-45)27-49-36-19-35(48-25-29-17-28(20-42)21-43-22-29)31(18-34(36)40)23-44-38(26-46)12-13-38/h2-5,7-9,11,17-19,21-22,32,44,46-47H,6,10,12-16,23-27H2,1H3/t32?,37-,39?/m1/s1. The topological polar surface area (TPSA) is 120 Å². The monoisotopic (exact) mass is 718 g/mol. The number of benzene rings is 2. The van der Waals surface area contributed by atoms with E-state index >= 15 is 0 Å². The van der Waals surface area contributed by atoms with Gasteiger partial charge in [-0.25, -0.2) is 0 Å². The smallest absolute Gasteiger partial charge is 0.143 e. The SMILES string of the molecule is C[C@@]1(Cl)C(c2ccccc2)=CC=CC1(COc1cc(OCc2cncc(C#N)c2)c(CNC2(CO)CC2)cc1Cl)OCCCN1CCC(O)C1. The van der Waals surface area contributed by atoms with E-state index in [0.717, 1.165) is 61.0 Å². The fraction of sp³-hybridized carbons (Fsp3) is 0.436. The van der Waals surface area contributed by atoms with Crippen molar-refractivity contribution in [2.24, 2.45) is 0 Å². The number of β-amino-alcohol motifs (C(OH)–C–C–N with tert-alkyl or cyclic N) is 1. The summed E-state index contributed by atoms with van der Waals surface area (Å²) in [4.78, 5) is 5.40. The van der Waals surface area contributed by atoms with E-state index in [-0.39, 0.29) is 31.5 Å². The van der Waals surface area contributed by atoms with E-state index < -0.39 is 10.5 Å². The minimum Gasteiger partial charge on any atom is -0.488 e. The molecular weight excluding hydrogens is 675 g/mol. The minimum atomic E-state index is -1.06. The van der Waals surface area contributed by atoms with Gasteiger partial charge in [0.25, 0.3) is 0 Å². The summed E-state index contributed by atoms with van der Waals surface area (Å²) in [7, 11) is 0. The van der Waals surface area contributed by atoms with Gasteiger partial charge in [0.1, 0.15) is 41.3 Å². The third-order valence-corrected chi connectivity index (χ3v) is 10.7. The molecule has 2 unspecified atom stereocenters. The van der Waals surface area contributed by atoms with Crippen LogP contribution in [0.1, 0.15) is 54.9 Å². The number of nitrogens with one attached hydrogen (secondary N) is 1. The second-order valence-electron chi connectivity index (χ2n) is 13.6. The third-order valence-electron chi connectivity index (χ3n) is 9.92. The predicted molar refractivity (Wildman–Crippen MR) is 194 cm³/mol. The van der Waals surface area contributed by atoms with Crippen LogP contribution in [0.5, 0.6) is 11.5 Å². The number of rotatable bonds is 16. The number of hydrogen-bond donors (Lipinski definition) is 3. The molecule has 50 heavy (non-hydrogen) atoms. The summed E-state index contributed by atoms with van der Waals surface area (Å²) >= 11 is 14.4. The molecule has 0 radical (unpaired) electrons. The molecule has 0 spiro atoms. The van der Waals surface area contributed by atoms with Gasteiger partial charge in [0.05, 0.1) is 23.3 Å².